The number of furan rings is 1. The minimum absolute atomic E-state index is 0.0173. The molecule has 13 heavy (non-hydrogen) atoms. The highest BCUT2D eigenvalue weighted by Gasteiger charge is 2.05. The summed E-state index contributed by atoms with van der Waals surface area (Å²) in [6, 6.07) is 3.58. The molecule has 1 aromatic rings. The largest absolute Gasteiger partial charge is 0.469 e. The highest BCUT2D eigenvalue weighted by molar-refractivity contribution is 5.77. The van der Waals surface area contributed by atoms with Crippen LogP contribution < -0.4 is 5.32 Å². The van der Waals surface area contributed by atoms with E-state index in [1.54, 1.807) is 18.4 Å². The topological polar surface area (TPSA) is 42.2 Å². The van der Waals surface area contributed by atoms with Gasteiger partial charge in [0.1, 0.15) is 5.76 Å². The molecule has 0 aromatic carbocycles. The SMILES string of the molecule is CC(C)CNC(=O)Cc1ccco1. The Balaban J connectivity index is 2.26. The van der Waals surface area contributed by atoms with Crippen LogP contribution in [0, 0.1) is 5.92 Å². The van der Waals surface area contributed by atoms with E-state index in [4.69, 9.17) is 4.42 Å². The van der Waals surface area contributed by atoms with Crippen molar-refractivity contribution in [1.82, 2.24) is 5.32 Å². The van der Waals surface area contributed by atoms with Crippen molar-refractivity contribution >= 4 is 5.91 Å². The number of carbonyl (C=O) groups excluding carboxylic acids is 1. The molecule has 1 amide bonds. The minimum atomic E-state index is 0.0173. The van der Waals surface area contributed by atoms with Crippen LogP contribution in [-0.4, -0.2) is 12.5 Å². The lowest BCUT2D eigenvalue weighted by molar-refractivity contribution is -0.120. The van der Waals surface area contributed by atoms with Crippen LogP contribution in [0.4, 0.5) is 0 Å². The summed E-state index contributed by atoms with van der Waals surface area (Å²) in [5.74, 6) is 1.21. The fourth-order valence-corrected chi connectivity index (χ4v) is 0.952. The molecule has 1 heterocycles. The first-order chi connectivity index (χ1) is 6.18. The Hall–Kier alpha value is -1.25. The van der Waals surface area contributed by atoms with Gasteiger partial charge in [-0.05, 0) is 18.1 Å². The van der Waals surface area contributed by atoms with E-state index in [-0.39, 0.29) is 5.91 Å². The molecule has 3 heteroatoms. The summed E-state index contributed by atoms with van der Waals surface area (Å²) in [5.41, 5.74) is 0. The van der Waals surface area contributed by atoms with E-state index in [2.05, 4.69) is 19.2 Å². The number of hydrogen-bond donors (Lipinski definition) is 1. The zero-order chi connectivity index (χ0) is 9.68. The van der Waals surface area contributed by atoms with Gasteiger partial charge in [0, 0.05) is 6.54 Å². The third kappa shape index (κ3) is 3.78. The predicted molar refractivity (Wildman–Crippen MR) is 50.3 cm³/mol. The highest BCUT2D eigenvalue weighted by Crippen LogP contribution is 2.00. The van der Waals surface area contributed by atoms with Gasteiger partial charge in [-0.2, -0.15) is 0 Å². The molecule has 0 radical (unpaired) electrons. The van der Waals surface area contributed by atoms with Crippen molar-refractivity contribution < 1.29 is 9.21 Å². The van der Waals surface area contributed by atoms with Crippen molar-refractivity contribution in [3.8, 4) is 0 Å². The maximum Gasteiger partial charge on any atom is 0.227 e. The second-order valence-electron chi connectivity index (χ2n) is 3.45. The molecule has 1 aromatic heterocycles. The maximum absolute atomic E-state index is 11.2. The summed E-state index contributed by atoms with van der Waals surface area (Å²) in [6.07, 6.45) is 1.91. The number of amides is 1. The lowest BCUT2D eigenvalue weighted by Gasteiger charge is -2.05. The molecular weight excluding hydrogens is 166 g/mol. The van der Waals surface area contributed by atoms with Gasteiger partial charge in [0.2, 0.25) is 5.91 Å². The average molecular weight is 181 g/mol. The quantitative estimate of drug-likeness (QED) is 0.766. The Labute approximate surface area is 78.1 Å². The van der Waals surface area contributed by atoms with Crippen molar-refractivity contribution in [2.45, 2.75) is 20.3 Å². The molecule has 0 bridgehead atoms. The Morgan fingerprint density at radius 2 is 2.38 bits per heavy atom. The molecule has 0 spiro atoms. The van der Waals surface area contributed by atoms with Crippen LogP contribution in [0.3, 0.4) is 0 Å². The van der Waals surface area contributed by atoms with Gasteiger partial charge in [0.15, 0.2) is 0 Å². The molecule has 3 nitrogen and oxygen atoms in total. The molecule has 72 valence electrons. The predicted octanol–water partition coefficient (Wildman–Crippen LogP) is 1.59. The zero-order valence-electron chi connectivity index (χ0n) is 8.04. The van der Waals surface area contributed by atoms with Crippen LogP contribution in [0.5, 0.6) is 0 Å². The zero-order valence-corrected chi connectivity index (χ0v) is 8.04. The normalized spacial score (nSPS) is 10.4. The molecule has 0 aliphatic carbocycles. The van der Waals surface area contributed by atoms with Crippen LogP contribution in [-0.2, 0) is 11.2 Å². The minimum Gasteiger partial charge on any atom is -0.469 e. The van der Waals surface area contributed by atoms with Gasteiger partial charge in [0.25, 0.3) is 0 Å². The molecule has 0 aliphatic heterocycles. The van der Waals surface area contributed by atoms with Crippen LogP contribution in [0.1, 0.15) is 19.6 Å². The van der Waals surface area contributed by atoms with Crippen LogP contribution in [0.25, 0.3) is 0 Å². The van der Waals surface area contributed by atoms with Crippen LogP contribution >= 0.6 is 0 Å². The molecule has 1 N–H and O–H groups in total. The summed E-state index contributed by atoms with van der Waals surface area (Å²) >= 11 is 0. The van der Waals surface area contributed by atoms with Crippen molar-refractivity contribution in [2.24, 2.45) is 5.92 Å². The highest BCUT2D eigenvalue weighted by atomic mass is 16.3. The Morgan fingerprint density at radius 3 is 2.92 bits per heavy atom. The third-order valence-corrected chi connectivity index (χ3v) is 1.62. The van der Waals surface area contributed by atoms with E-state index in [0.717, 1.165) is 6.54 Å². The fourth-order valence-electron chi connectivity index (χ4n) is 0.952. The van der Waals surface area contributed by atoms with Crippen molar-refractivity contribution in [2.75, 3.05) is 6.54 Å². The van der Waals surface area contributed by atoms with Crippen LogP contribution in [0.2, 0.25) is 0 Å². The molecule has 0 saturated heterocycles. The molecular formula is C10H15NO2. The summed E-state index contributed by atoms with van der Waals surface area (Å²) in [7, 11) is 0. The van der Waals surface area contributed by atoms with Gasteiger partial charge in [-0.15, -0.1) is 0 Å². The first-order valence-electron chi connectivity index (χ1n) is 4.47. The molecule has 0 unspecified atom stereocenters. The lowest BCUT2D eigenvalue weighted by Crippen LogP contribution is -2.28. The van der Waals surface area contributed by atoms with Crippen molar-refractivity contribution in [3.05, 3.63) is 24.2 Å². The third-order valence-electron chi connectivity index (χ3n) is 1.62. The maximum atomic E-state index is 11.2. The first kappa shape index (κ1) is 9.84. The van der Waals surface area contributed by atoms with Crippen LogP contribution in [0.15, 0.2) is 22.8 Å². The summed E-state index contributed by atoms with van der Waals surface area (Å²) < 4.78 is 5.05. The first-order valence-corrected chi connectivity index (χ1v) is 4.47. The fraction of sp³-hybridized carbons (Fsp3) is 0.500. The lowest BCUT2D eigenvalue weighted by atomic mass is 10.2. The number of nitrogens with one attached hydrogen (secondary N) is 1. The second kappa shape index (κ2) is 4.70. The number of rotatable bonds is 4. The van der Waals surface area contributed by atoms with E-state index < -0.39 is 0 Å². The van der Waals surface area contributed by atoms with Gasteiger partial charge in [-0.3, -0.25) is 4.79 Å². The molecule has 0 saturated carbocycles. The van der Waals surface area contributed by atoms with E-state index in [1.165, 1.54) is 0 Å². The smallest absolute Gasteiger partial charge is 0.227 e. The molecule has 0 atom stereocenters. The Morgan fingerprint density at radius 1 is 1.62 bits per heavy atom. The monoisotopic (exact) mass is 181 g/mol. The summed E-state index contributed by atoms with van der Waals surface area (Å²) in [5, 5.41) is 2.82. The van der Waals surface area contributed by atoms with E-state index in [1.807, 2.05) is 0 Å². The molecule has 1 rings (SSSR count). The van der Waals surface area contributed by atoms with Gasteiger partial charge in [0.05, 0.1) is 12.7 Å². The van der Waals surface area contributed by atoms with Crippen molar-refractivity contribution in [3.63, 3.8) is 0 Å². The Bertz CT molecular complexity index is 252. The van der Waals surface area contributed by atoms with Gasteiger partial charge in [-0.25, -0.2) is 0 Å². The standard InChI is InChI=1S/C10H15NO2/c1-8(2)7-11-10(12)6-9-4-3-5-13-9/h3-5,8H,6-7H2,1-2H3,(H,11,12). The second-order valence-corrected chi connectivity index (χ2v) is 3.45. The van der Waals surface area contributed by atoms with Gasteiger partial charge >= 0.3 is 0 Å². The molecule has 0 aliphatic rings. The van der Waals surface area contributed by atoms with Crippen molar-refractivity contribution in [1.29, 1.82) is 0 Å². The summed E-state index contributed by atoms with van der Waals surface area (Å²) in [4.78, 5) is 11.2. The average Bonchev–Trinajstić information content (AvgIpc) is 2.53. The number of hydrogen-bond acceptors (Lipinski definition) is 2. The number of carbonyl (C=O) groups is 1. The van der Waals surface area contributed by atoms with E-state index in [9.17, 15) is 4.79 Å². The van der Waals surface area contributed by atoms with Gasteiger partial charge < -0.3 is 9.73 Å². The van der Waals surface area contributed by atoms with E-state index >= 15 is 0 Å². The summed E-state index contributed by atoms with van der Waals surface area (Å²) in [6.45, 7) is 4.85. The van der Waals surface area contributed by atoms with E-state index in [0.29, 0.717) is 18.1 Å². The van der Waals surface area contributed by atoms with Gasteiger partial charge in [-0.1, -0.05) is 13.8 Å². The Kier molecular flexibility index (Phi) is 3.55. The molecule has 0 fully saturated rings.